The van der Waals surface area contributed by atoms with E-state index in [0.29, 0.717) is 12.3 Å². The molecule has 0 saturated heterocycles. The van der Waals surface area contributed by atoms with Crippen LogP contribution in [0.15, 0.2) is 42.5 Å². The first kappa shape index (κ1) is 13.8. The first-order valence-corrected chi connectivity index (χ1v) is 7.03. The molecule has 1 amide bonds. The molecule has 108 valence electrons. The van der Waals surface area contributed by atoms with E-state index < -0.39 is 0 Å². The third kappa shape index (κ3) is 2.81. The van der Waals surface area contributed by atoms with Crippen LogP contribution in [0.3, 0.4) is 0 Å². The van der Waals surface area contributed by atoms with Crippen LogP contribution in [0.1, 0.15) is 5.56 Å². The summed E-state index contributed by atoms with van der Waals surface area (Å²) in [5, 5.41) is 4.05. The number of benzene rings is 2. The van der Waals surface area contributed by atoms with Gasteiger partial charge in [0.05, 0.1) is 5.69 Å². The second-order valence-electron chi connectivity index (χ2n) is 4.87. The van der Waals surface area contributed by atoms with E-state index in [1.807, 2.05) is 42.5 Å². The number of ether oxygens (including phenoxy) is 1. The predicted octanol–water partition coefficient (Wildman–Crippen LogP) is 3.31. The van der Waals surface area contributed by atoms with Gasteiger partial charge in [-0.15, -0.1) is 0 Å². The number of nitrogens with zero attached hydrogens (tertiary/aromatic N) is 1. The fourth-order valence-corrected chi connectivity index (χ4v) is 2.43. The minimum absolute atomic E-state index is 0.0423. The van der Waals surface area contributed by atoms with E-state index in [0.717, 1.165) is 22.0 Å². The highest BCUT2D eigenvalue weighted by Gasteiger charge is 2.22. The third-order valence-electron chi connectivity index (χ3n) is 3.49. The van der Waals surface area contributed by atoms with Gasteiger partial charge in [0.25, 0.3) is 5.91 Å². The lowest BCUT2D eigenvalue weighted by Gasteiger charge is -2.26. The molecule has 0 bridgehead atoms. The Morgan fingerprint density at radius 2 is 2.10 bits per heavy atom. The molecule has 0 atom stereocenters. The van der Waals surface area contributed by atoms with Crippen LogP contribution in [-0.2, 0) is 11.3 Å². The maximum Gasteiger partial charge on any atom is 0.264 e. The predicted molar refractivity (Wildman–Crippen MR) is 84.1 cm³/mol. The number of hydrogen-bond donors (Lipinski definition) is 1. The maximum atomic E-state index is 11.6. The van der Waals surface area contributed by atoms with Crippen LogP contribution in [0, 0.1) is 0 Å². The van der Waals surface area contributed by atoms with Gasteiger partial charge in [-0.3, -0.25) is 4.79 Å². The van der Waals surface area contributed by atoms with Gasteiger partial charge in [-0.1, -0.05) is 29.8 Å². The molecule has 2 aromatic rings. The Morgan fingerprint density at radius 1 is 1.29 bits per heavy atom. The Kier molecular flexibility index (Phi) is 3.71. The van der Waals surface area contributed by atoms with E-state index >= 15 is 0 Å². The fourth-order valence-electron chi connectivity index (χ4n) is 2.23. The number of carbonyl (C=O) groups is 1. The lowest BCUT2D eigenvalue weighted by Crippen LogP contribution is -2.35. The van der Waals surface area contributed by atoms with Crippen molar-refractivity contribution in [2.24, 2.45) is 0 Å². The molecule has 2 aromatic carbocycles. The molecule has 0 aromatic heterocycles. The molecular weight excluding hydrogens is 288 g/mol. The van der Waals surface area contributed by atoms with Gasteiger partial charge in [0.2, 0.25) is 0 Å². The highest BCUT2D eigenvalue weighted by molar-refractivity contribution is 6.31. The smallest absolute Gasteiger partial charge is 0.264 e. The number of carbonyl (C=O) groups excluding carboxylic acids is 1. The van der Waals surface area contributed by atoms with Gasteiger partial charge in [-0.2, -0.15) is 0 Å². The van der Waals surface area contributed by atoms with Gasteiger partial charge in [0, 0.05) is 30.4 Å². The first-order valence-electron chi connectivity index (χ1n) is 6.66. The Labute approximate surface area is 128 Å². The molecule has 3 rings (SSSR count). The summed E-state index contributed by atoms with van der Waals surface area (Å²) in [6, 6.07) is 13.4. The van der Waals surface area contributed by atoms with Crippen LogP contribution in [0.25, 0.3) is 0 Å². The van der Waals surface area contributed by atoms with Crippen molar-refractivity contribution >= 4 is 28.9 Å². The number of halogens is 1. The Hall–Kier alpha value is -2.20. The summed E-state index contributed by atoms with van der Waals surface area (Å²) in [5.74, 6) is 0.667. The molecule has 0 unspecified atom stereocenters. The molecular formula is C16H15ClN2O2. The maximum absolute atomic E-state index is 11.6. The van der Waals surface area contributed by atoms with E-state index in [1.165, 1.54) is 0 Å². The van der Waals surface area contributed by atoms with Crippen molar-refractivity contribution in [3.63, 3.8) is 0 Å². The highest BCUT2D eigenvalue weighted by Crippen LogP contribution is 2.33. The zero-order valence-electron chi connectivity index (χ0n) is 11.6. The van der Waals surface area contributed by atoms with Crippen LogP contribution in [-0.4, -0.2) is 19.6 Å². The van der Waals surface area contributed by atoms with Crippen molar-refractivity contribution in [2.45, 2.75) is 6.54 Å². The van der Waals surface area contributed by atoms with E-state index in [2.05, 4.69) is 5.32 Å². The van der Waals surface area contributed by atoms with Crippen LogP contribution < -0.4 is 15.0 Å². The van der Waals surface area contributed by atoms with Crippen molar-refractivity contribution in [3.8, 4) is 5.75 Å². The molecule has 0 spiro atoms. The quantitative estimate of drug-likeness (QED) is 0.946. The van der Waals surface area contributed by atoms with E-state index in [1.54, 1.807) is 11.9 Å². The number of nitrogens with one attached hydrogen (secondary N) is 1. The summed E-state index contributed by atoms with van der Waals surface area (Å²) in [6.07, 6.45) is 0. The Morgan fingerprint density at radius 3 is 2.90 bits per heavy atom. The lowest BCUT2D eigenvalue weighted by molar-refractivity contribution is -0.120. The summed E-state index contributed by atoms with van der Waals surface area (Å²) >= 11 is 6.13. The van der Waals surface area contributed by atoms with Crippen LogP contribution in [0.5, 0.6) is 5.75 Å². The summed E-state index contributed by atoms with van der Waals surface area (Å²) in [7, 11) is 1.75. The number of anilines is 2. The molecule has 1 aliphatic rings. The van der Waals surface area contributed by atoms with Gasteiger partial charge in [0.1, 0.15) is 5.75 Å². The Bertz CT molecular complexity index is 688. The van der Waals surface area contributed by atoms with Gasteiger partial charge in [0.15, 0.2) is 6.61 Å². The molecule has 0 aliphatic carbocycles. The minimum Gasteiger partial charge on any atom is -0.481 e. The van der Waals surface area contributed by atoms with Gasteiger partial charge >= 0.3 is 0 Å². The largest absolute Gasteiger partial charge is 0.481 e. The summed E-state index contributed by atoms with van der Waals surface area (Å²) in [4.78, 5) is 13.2. The van der Waals surface area contributed by atoms with Crippen molar-refractivity contribution in [2.75, 3.05) is 23.9 Å². The Balaban J connectivity index is 1.76. The molecule has 1 heterocycles. The summed E-state index contributed by atoms with van der Waals surface area (Å²) in [5.41, 5.74) is 2.75. The van der Waals surface area contributed by atoms with Crippen molar-refractivity contribution < 1.29 is 9.53 Å². The lowest BCUT2D eigenvalue weighted by atomic mass is 10.2. The van der Waals surface area contributed by atoms with Gasteiger partial charge in [-0.25, -0.2) is 0 Å². The zero-order chi connectivity index (χ0) is 14.8. The average molecular weight is 303 g/mol. The monoisotopic (exact) mass is 302 g/mol. The van der Waals surface area contributed by atoms with Crippen LogP contribution in [0.4, 0.5) is 11.4 Å². The topological polar surface area (TPSA) is 41.6 Å². The standard InChI is InChI=1S/C16H15ClN2O2/c1-19-14-7-6-12(8-15(14)21-10-16(19)20)18-9-11-4-2-3-5-13(11)17/h2-8,18H,9-10H2,1H3. The normalized spacial score (nSPS) is 13.6. The number of fused-ring (bicyclic) bond motifs is 1. The zero-order valence-corrected chi connectivity index (χ0v) is 12.4. The number of amides is 1. The summed E-state index contributed by atoms with van der Waals surface area (Å²) in [6.45, 7) is 0.713. The first-order chi connectivity index (χ1) is 10.1. The van der Waals surface area contributed by atoms with Crippen molar-refractivity contribution in [3.05, 3.63) is 53.1 Å². The second-order valence-corrected chi connectivity index (χ2v) is 5.28. The number of likely N-dealkylation sites (N-methyl/N-ethyl adjacent to an activating group) is 1. The SMILES string of the molecule is CN1C(=O)COc2cc(NCc3ccccc3Cl)ccc21. The minimum atomic E-state index is -0.0423. The van der Waals surface area contributed by atoms with Gasteiger partial charge in [-0.05, 0) is 23.8 Å². The van der Waals surface area contributed by atoms with Crippen LogP contribution in [0.2, 0.25) is 5.02 Å². The molecule has 0 fully saturated rings. The number of hydrogen-bond acceptors (Lipinski definition) is 3. The fraction of sp³-hybridized carbons (Fsp3) is 0.188. The third-order valence-corrected chi connectivity index (χ3v) is 3.86. The molecule has 4 nitrogen and oxygen atoms in total. The van der Waals surface area contributed by atoms with Crippen LogP contribution >= 0.6 is 11.6 Å². The van der Waals surface area contributed by atoms with E-state index in [-0.39, 0.29) is 12.5 Å². The van der Waals surface area contributed by atoms with Crippen molar-refractivity contribution in [1.82, 2.24) is 0 Å². The molecule has 5 heteroatoms. The van der Waals surface area contributed by atoms with Crippen molar-refractivity contribution in [1.29, 1.82) is 0 Å². The average Bonchev–Trinajstić information content (AvgIpc) is 2.50. The molecule has 21 heavy (non-hydrogen) atoms. The molecule has 0 radical (unpaired) electrons. The molecule has 1 aliphatic heterocycles. The summed E-state index contributed by atoms with van der Waals surface area (Å²) < 4.78 is 5.47. The van der Waals surface area contributed by atoms with E-state index in [9.17, 15) is 4.79 Å². The highest BCUT2D eigenvalue weighted by atomic mass is 35.5. The molecule has 0 saturated carbocycles. The van der Waals surface area contributed by atoms with Gasteiger partial charge < -0.3 is 15.0 Å². The molecule has 1 N–H and O–H groups in total. The second kappa shape index (κ2) is 5.66. The van der Waals surface area contributed by atoms with E-state index in [4.69, 9.17) is 16.3 Å². The number of rotatable bonds is 3.